The minimum absolute atomic E-state index is 0.0256. The number of carbonyl (C=O) groups is 4. The number of benzene rings is 1. The van der Waals surface area contributed by atoms with Crippen molar-refractivity contribution in [1.82, 2.24) is 15.8 Å². The number of primary amides is 2. The van der Waals surface area contributed by atoms with Crippen LogP contribution in [0.15, 0.2) is 34.8 Å². The SMILES string of the molecule is CC(NNC(N)=O)c1ccc(O)c2c1C[C@H]1C[C@H]3[C@H](N(C)C)C(O)=C(C(N)=O)C(=O)[C@@]3(O)C(O)=C1C2=O. The number of fused-ring (bicyclic) bond motifs is 3. The Hall–Kier alpha value is -3.94. The molecule has 0 fully saturated rings. The molecule has 0 radical (unpaired) electrons. The maximum atomic E-state index is 13.7. The normalized spacial score (nSPS) is 28.0. The number of hydrogen-bond acceptors (Lipinski definition) is 10. The molecule has 0 saturated carbocycles. The molecule has 3 aliphatic carbocycles. The number of phenols is 1. The van der Waals surface area contributed by atoms with Crippen molar-refractivity contribution in [2.75, 3.05) is 14.1 Å². The Balaban J connectivity index is 1.89. The first-order valence-corrected chi connectivity index (χ1v) is 11.5. The highest BCUT2D eigenvalue weighted by molar-refractivity contribution is 6.24. The van der Waals surface area contributed by atoms with Crippen molar-refractivity contribution in [1.29, 1.82) is 0 Å². The van der Waals surface area contributed by atoms with Gasteiger partial charge < -0.3 is 31.9 Å². The molecule has 0 aliphatic heterocycles. The number of nitrogens with zero attached hydrogens (tertiary/aromatic N) is 1. The van der Waals surface area contributed by atoms with E-state index in [1.807, 2.05) is 0 Å². The van der Waals surface area contributed by atoms with E-state index in [0.717, 1.165) is 0 Å². The van der Waals surface area contributed by atoms with E-state index in [1.165, 1.54) is 11.0 Å². The van der Waals surface area contributed by atoms with Crippen molar-refractivity contribution in [2.45, 2.75) is 37.5 Å². The minimum Gasteiger partial charge on any atom is -0.510 e. The van der Waals surface area contributed by atoms with E-state index in [9.17, 15) is 39.6 Å². The number of nitrogens with one attached hydrogen (secondary N) is 2. The molecular weight excluding hydrogens is 486 g/mol. The highest BCUT2D eigenvalue weighted by Gasteiger charge is 2.63. The summed E-state index contributed by atoms with van der Waals surface area (Å²) in [7, 11) is 3.12. The third-order valence-electron chi connectivity index (χ3n) is 7.52. The number of phenolic OH excluding ortho intramolecular Hbond substituents is 1. The zero-order chi connectivity index (χ0) is 27.6. The average Bonchev–Trinajstić information content (AvgIpc) is 2.79. The molecule has 0 spiro atoms. The topological polar surface area (TPSA) is 229 Å². The largest absolute Gasteiger partial charge is 0.510 e. The van der Waals surface area contributed by atoms with Gasteiger partial charge >= 0.3 is 6.03 Å². The van der Waals surface area contributed by atoms with Crippen molar-refractivity contribution >= 4 is 23.5 Å². The summed E-state index contributed by atoms with van der Waals surface area (Å²) in [4.78, 5) is 51.6. The quantitative estimate of drug-likeness (QED) is 0.182. The van der Waals surface area contributed by atoms with Crippen LogP contribution >= 0.6 is 0 Å². The Bertz CT molecular complexity index is 1300. The molecule has 1 unspecified atom stereocenters. The van der Waals surface area contributed by atoms with Gasteiger partial charge in [0, 0.05) is 17.5 Å². The number of hydrogen-bond donors (Lipinski definition) is 8. The van der Waals surface area contributed by atoms with E-state index in [4.69, 9.17) is 11.5 Å². The molecule has 0 bridgehead atoms. The fraction of sp³-hybridized carbons (Fsp3) is 0.417. The smallest absolute Gasteiger partial charge is 0.326 e. The summed E-state index contributed by atoms with van der Waals surface area (Å²) in [5, 5.41) is 44.3. The number of rotatable bonds is 5. The maximum absolute atomic E-state index is 13.7. The molecule has 3 amide bonds. The number of aromatic hydroxyl groups is 1. The van der Waals surface area contributed by atoms with Crippen LogP contribution in [0.1, 0.15) is 40.9 Å². The van der Waals surface area contributed by atoms with Crippen molar-refractivity contribution in [3.05, 3.63) is 51.5 Å². The third kappa shape index (κ3) is 3.74. The number of likely N-dealkylation sites (N-methyl/N-ethyl adjacent to an activating group) is 1. The summed E-state index contributed by atoms with van der Waals surface area (Å²) >= 11 is 0. The highest BCUT2D eigenvalue weighted by atomic mass is 16.3. The van der Waals surface area contributed by atoms with Gasteiger partial charge in [0.25, 0.3) is 5.91 Å². The maximum Gasteiger partial charge on any atom is 0.326 e. The van der Waals surface area contributed by atoms with Crippen LogP contribution in [-0.4, -0.2) is 74.6 Å². The number of hydrazine groups is 1. The molecule has 5 atom stereocenters. The Labute approximate surface area is 211 Å². The Kier molecular flexibility index (Phi) is 6.26. The second-order valence-corrected chi connectivity index (χ2v) is 9.85. The van der Waals surface area contributed by atoms with Crippen LogP contribution in [0.25, 0.3) is 0 Å². The monoisotopic (exact) mass is 515 g/mol. The molecule has 3 aliphatic rings. The van der Waals surface area contributed by atoms with Crippen LogP contribution in [0.3, 0.4) is 0 Å². The van der Waals surface area contributed by atoms with E-state index in [-0.39, 0.29) is 29.7 Å². The number of aliphatic hydroxyl groups excluding tert-OH is 2. The van der Waals surface area contributed by atoms with Gasteiger partial charge in [0.1, 0.15) is 22.8 Å². The van der Waals surface area contributed by atoms with Crippen molar-refractivity contribution < 1.29 is 39.6 Å². The fourth-order valence-corrected chi connectivity index (χ4v) is 5.94. The van der Waals surface area contributed by atoms with Crippen LogP contribution in [0, 0.1) is 11.8 Å². The second kappa shape index (κ2) is 8.87. The van der Waals surface area contributed by atoms with E-state index in [0.29, 0.717) is 11.1 Å². The van der Waals surface area contributed by atoms with Crippen LogP contribution in [0.4, 0.5) is 4.79 Å². The molecular formula is C24H29N5O8. The summed E-state index contributed by atoms with van der Waals surface area (Å²) in [5.41, 5.74) is 12.5. The lowest BCUT2D eigenvalue weighted by atomic mass is 9.58. The summed E-state index contributed by atoms with van der Waals surface area (Å²) in [6.07, 6.45) is 0.100. The summed E-state index contributed by atoms with van der Waals surface area (Å²) < 4.78 is 0. The van der Waals surface area contributed by atoms with E-state index < -0.39 is 70.1 Å². The molecule has 0 aromatic heterocycles. The van der Waals surface area contributed by atoms with Gasteiger partial charge in [-0.3, -0.25) is 24.7 Å². The van der Waals surface area contributed by atoms with Crippen molar-refractivity contribution in [3.8, 4) is 5.75 Å². The minimum atomic E-state index is -2.70. The average molecular weight is 516 g/mol. The zero-order valence-corrected chi connectivity index (χ0v) is 20.4. The lowest BCUT2D eigenvalue weighted by Crippen LogP contribution is -2.63. The van der Waals surface area contributed by atoms with Gasteiger partial charge in [-0.1, -0.05) is 6.07 Å². The first kappa shape index (κ1) is 26.1. The first-order chi connectivity index (χ1) is 17.2. The fourth-order valence-electron chi connectivity index (χ4n) is 5.94. The summed E-state index contributed by atoms with van der Waals surface area (Å²) in [6.45, 7) is 1.70. The zero-order valence-electron chi connectivity index (χ0n) is 20.4. The Morgan fingerprint density at radius 2 is 1.81 bits per heavy atom. The molecule has 37 heavy (non-hydrogen) atoms. The van der Waals surface area contributed by atoms with Gasteiger partial charge in [-0.15, -0.1) is 0 Å². The second-order valence-electron chi connectivity index (χ2n) is 9.85. The lowest BCUT2D eigenvalue weighted by Gasteiger charge is -2.50. The lowest BCUT2D eigenvalue weighted by molar-refractivity contribution is -0.148. The molecule has 1 aromatic rings. The molecule has 198 valence electrons. The molecule has 0 saturated heterocycles. The number of carbonyl (C=O) groups excluding carboxylic acids is 4. The van der Waals surface area contributed by atoms with Crippen LogP contribution in [0.5, 0.6) is 5.75 Å². The number of amides is 3. The van der Waals surface area contributed by atoms with Gasteiger partial charge in [0.05, 0.1) is 11.6 Å². The Morgan fingerprint density at radius 1 is 1.16 bits per heavy atom. The molecule has 1 aromatic carbocycles. The van der Waals surface area contributed by atoms with Gasteiger partial charge in [0.2, 0.25) is 5.78 Å². The Morgan fingerprint density at radius 3 is 2.38 bits per heavy atom. The van der Waals surface area contributed by atoms with Crippen molar-refractivity contribution in [3.63, 3.8) is 0 Å². The predicted molar refractivity (Wildman–Crippen MR) is 128 cm³/mol. The van der Waals surface area contributed by atoms with Crippen LogP contribution in [-0.2, 0) is 16.0 Å². The third-order valence-corrected chi connectivity index (χ3v) is 7.52. The molecule has 4 rings (SSSR count). The number of urea groups is 1. The van der Waals surface area contributed by atoms with E-state index in [2.05, 4.69) is 10.9 Å². The van der Waals surface area contributed by atoms with Gasteiger partial charge in [-0.2, -0.15) is 0 Å². The summed E-state index contributed by atoms with van der Waals surface area (Å²) in [5.74, 6) is -7.13. The molecule has 13 nitrogen and oxygen atoms in total. The van der Waals surface area contributed by atoms with E-state index in [1.54, 1.807) is 27.1 Å². The predicted octanol–water partition coefficient (Wildman–Crippen LogP) is -0.645. The van der Waals surface area contributed by atoms with E-state index >= 15 is 0 Å². The number of ketones is 2. The first-order valence-electron chi connectivity index (χ1n) is 11.5. The van der Waals surface area contributed by atoms with Crippen molar-refractivity contribution in [2.24, 2.45) is 23.3 Å². The number of Topliss-reactive ketones (excluding diaryl/α,β-unsaturated/α-hetero) is 2. The van der Waals surface area contributed by atoms with Gasteiger partial charge in [-0.05, 0) is 57.0 Å². The standard InChI is InChI=1S/C24H29N5O8/c1-8(27-28-23(26)36)10-4-5-13(30)15-11(10)6-9-7-12-17(29(2)3)19(32)16(22(25)35)21(34)24(12,37)20(33)14(9)18(15)31/h4-5,8-9,12,17,27,30,32-33,37H,6-7H2,1-3H3,(H2,25,35)(H3,26,28,36)/t8?,9-,12-,17-,24-/m0/s1. The number of nitrogens with two attached hydrogens (primary N) is 2. The molecule has 0 heterocycles. The summed E-state index contributed by atoms with van der Waals surface area (Å²) in [6, 6.07) is 0.430. The molecule has 13 heteroatoms. The van der Waals surface area contributed by atoms with Gasteiger partial charge in [-0.25, -0.2) is 10.2 Å². The highest BCUT2D eigenvalue weighted by Crippen LogP contribution is 2.52. The molecule has 10 N–H and O–H groups in total. The number of aliphatic hydroxyl groups is 3. The van der Waals surface area contributed by atoms with Crippen LogP contribution in [0.2, 0.25) is 0 Å². The van der Waals surface area contributed by atoms with Gasteiger partial charge in [0.15, 0.2) is 11.4 Å². The number of allylic oxidation sites excluding steroid dienone is 1. The van der Waals surface area contributed by atoms with Crippen LogP contribution < -0.4 is 22.3 Å².